The van der Waals surface area contributed by atoms with Crippen LogP contribution in [0.1, 0.15) is 17.3 Å². The van der Waals surface area contributed by atoms with Crippen LogP contribution in [0.25, 0.3) is 22.4 Å². The van der Waals surface area contributed by atoms with Crippen LogP contribution in [-0.4, -0.2) is 39.5 Å². The topological polar surface area (TPSA) is 116 Å². The number of nitrogens with two attached hydrogens (primary N) is 1. The van der Waals surface area contributed by atoms with E-state index < -0.39 is 0 Å². The van der Waals surface area contributed by atoms with Crippen LogP contribution >= 0.6 is 0 Å². The van der Waals surface area contributed by atoms with E-state index in [2.05, 4.69) is 25.3 Å². The Hall–Kier alpha value is -3.29. The summed E-state index contributed by atoms with van der Waals surface area (Å²) in [7, 11) is 1.59. The highest BCUT2D eigenvalue weighted by Crippen LogP contribution is 2.24. The minimum Gasteiger partial charge on any atom is -0.476 e. The zero-order chi connectivity index (χ0) is 17.1. The largest absolute Gasteiger partial charge is 0.476 e. The normalized spacial score (nSPS) is 10.6. The first-order valence-corrected chi connectivity index (χ1v) is 7.38. The second-order valence-corrected chi connectivity index (χ2v) is 4.90. The summed E-state index contributed by atoms with van der Waals surface area (Å²) in [6.45, 7) is 2.28. The Kier molecular flexibility index (Phi) is 4.19. The summed E-state index contributed by atoms with van der Waals surface area (Å²) in [4.78, 5) is 28.5. The maximum Gasteiger partial charge on any atom is 0.251 e. The van der Waals surface area contributed by atoms with Gasteiger partial charge in [0.05, 0.1) is 18.5 Å². The van der Waals surface area contributed by atoms with Crippen LogP contribution in [0, 0.1) is 0 Å². The van der Waals surface area contributed by atoms with Crippen molar-refractivity contribution in [2.24, 2.45) is 0 Å². The highest BCUT2D eigenvalue weighted by atomic mass is 16.5. The van der Waals surface area contributed by atoms with Gasteiger partial charge in [-0.3, -0.25) is 4.79 Å². The zero-order valence-corrected chi connectivity index (χ0v) is 13.3. The first-order valence-electron chi connectivity index (χ1n) is 7.38. The lowest BCUT2D eigenvalue weighted by molar-refractivity contribution is 0.0963. The van der Waals surface area contributed by atoms with Crippen LogP contribution < -0.4 is 15.8 Å². The molecule has 0 saturated heterocycles. The Labute approximate surface area is 138 Å². The van der Waals surface area contributed by atoms with Crippen LogP contribution in [0.3, 0.4) is 0 Å². The summed E-state index contributed by atoms with van der Waals surface area (Å²) in [6, 6.07) is 7.06. The number of hydrogen-bond acceptors (Lipinski definition) is 7. The molecular formula is C16H16N6O2. The summed E-state index contributed by atoms with van der Waals surface area (Å²) in [5.74, 6) is 0.243. The van der Waals surface area contributed by atoms with E-state index in [-0.39, 0.29) is 11.9 Å². The zero-order valence-electron chi connectivity index (χ0n) is 13.3. The van der Waals surface area contributed by atoms with Crippen molar-refractivity contribution in [1.29, 1.82) is 0 Å². The minimum atomic E-state index is -0.145. The van der Waals surface area contributed by atoms with E-state index in [4.69, 9.17) is 10.5 Å². The van der Waals surface area contributed by atoms with Crippen LogP contribution in [0.5, 0.6) is 5.88 Å². The van der Waals surface area contributed by atoms with E-state index in [1.54, 1.807) is 37.5 Å². The molecule has 3 rings (SSSR count). The average Bonchev–Trinajstić information content (AvgIpc) is 2.61. The van der Waals surface area contributed by atoms with Gasteiger partial charge in [0.1, 0.15) is 0 Å². The molecule has 8 heteroatoms. The number of nitrogens with zero attached hydrogens (tertiary/aromatic N) is 4. The van der Waals surface area contributed by atoms with Crippen LogP contribution in [0.15, 0.2) is 30.5 Å². The van der Waals surface area contributed by atoms with Crippen molar-refractivity contribution in [3.63, 3.8) is 0 Å². The predicted octanol–water partition coefficient (Wildman–Crippen LogP) is 1.43. The number of aromatic nitrogens is 4. The molecule has 0 aliphatic rings. The first-order chi connectivity index (χ1) is 11.6. The Morgan fingerprint density at radius 3 is 2.62 bits per heavy atom. The third-order valence-corrected chi connectivity index (χ3v) is 3.34. The van der Waals surface area contributed by atoms with Crippen molar-refractivity contribution < 1.29 is 9.53 Å². The maximum absolute atomic E-state index is 11.6. The lowest BCUT2D eigenvalue weighted by Gasteiger charge is -2.08. The number of carbonyl (C=O) groups is 1. The summed E-state index contributed by atoms with van der Waals surface area (Å²) >= 11 is 0. The quantitative estimate of drug-likeness (QED) is 0.745. The predicted molar refractivity (Wildman–Crippen MR) is 89.5 cm³/mol. The van der Waals surface area contributed by atoms with Crippen molar-refractivity contribution in [1.82, 2.24) is 25.3 Å². The summed E-state index contributed by atoms with van der Waals surface area (Å²) in [5.41, 5.74) is 8.48. The van der Waals surface area contributed by atoms with Gasteiger partial charge in [-0.05, 0) is 19.1 Å². The maximum atomic E-state index is 11.6. The molecule has 0 fully saturated rings. The standard InChI is InChI=1S/C16H16N6O2/c1-3-24-15-12-13(21-16(17)22-15)19-8-11(20-12)9-4-6-10(7-5-9)14(23)18-2/h4-8H,3H2,1-2H3,(H,18,23)(H2,17,19,21,22). The molecule has 0 radical (unpaired) electrons. The van der Waals surface area contributed by atoms with Crippen molar-refractivity contribution >= 4 is 23.0 Å². The average molecular weight is 324 g/mol. The van der Waals surface area contributed by atoms with Gasteiger partial charge in [-0.2, -0.15) is 9.97 Å². The van der Waals surface area contributed by atoms with E-state index >= 15 is 0 Å². The molecule has 0 atom stereocenters. The van der Waals surface area contributed by atoms with Crippen molar-refractivity contribution in [2.75, 3.05) is 19.4 Å². The molecule has 1 amide bonds. The fourth-order valence-electron chi connectivity index (χ4n) is 2.21. The lowest BCUT2D eigenvalue weighted by atomic mass is 10.1. The smallest absolute Gasteiger partial charge is 0.251 e. The van der Waals surface area contributed by atoms with Crippen LogP contribution in [0.4, 0.5) is 5.95 Å². The second-order valence-electron chi connectivity index (χ2n) is 4.90. The first kappa shape index (κ1) is 15.6. The molecule has 24 heavy (non-hydrogen) atoms. The molecule has 1 aromatic carbocycles. The van der Waals surface area contributed by atoms with Gasteiger partial charge >= 0.3 is 0 Å². The number of benzene rings is 1. The third-order valence-electron chi connectivity index (χ3n) is 3.34. The monoisotopic (exact) mass is 324 g/mol. The van der Waals surface area contributed by atoms with Crippen molar-refractivity contribution in [3.05, 3.63) is 36.0 Å². The highest BCUT2D eigenvalue weighted by Gasteiger charge is 2.12. The van der Waals surface area contributed by atoms with E-state index in [0.717, 1.165) is 5.56 Å². The van der Waals surface area contributed by atoms with Gasteiger partial charge < -0.3 is 15.8 Å². The Morgan fingerprint density at radius 2 is 1.96 bits per heavy atom. The fraction of sp³-hybridized carbons (Fsp3) is 0.188. The molecule has 2 aromatic heterocycles. The number of anilines is 1. The number of ether oxygens (including phenoxy) is 1. The number of fused-ring (bicyclic) bond motifs is 1. The van der Waals surface area contributed by atoms with E-state index in [1.807, 2.05) is 6.92 Å². The van der Waals surface area contributed by atoms with Crippen LogP contribution in [-0.2, 0) is 0 Å². The summed E-state index contributed by atoms with van der Waals surface area (Å²) < 4.78 is 5.47. The molecule has 0 spiro atoms. The number of hydrogen-bond donors (Lipinski definition) is 2. The molecule has 0 unspecified atom stereocenters. The van der Waals surface area contributed by atoms with Gasteiger partial charge in [0.15, 0.2) is 11.2 Å². The molecular weight excluding hydrogens is 308 g/mol. The molecule has 0 aliphatic carbocycles. The van der Waals surface area contributed by atoms with E-state index in [9.17, 15) is 4.79 Å². The molecule has 8 nitrogen and oxygen atoms in total. The minimum absolute atomic E-state index is 0.0860. The number of amides is 1. The van der Waals surface area contributed by atoms with E-state index in [0.29, 0.717) is 34.9 Å². The van der Waals surface area contributed by atoms with Crippen molar-refractivity contribution in [2.45, 2.75) is 6.92 Å². The molecule has 3 aromatic rings. The molecule has 0 saturated carbocycles. The van der Waals surface area contributed by atoms with E-state index in [1.165, 1.54) is 0 Å². The van der Waals surface area contributed by atoms with Gasteiger partial charge in [-0.15, -0.1) is 0 Å². The van der Waals surface area contributed by atoms with Gasteiger partial charge in [0.2, 0.25) is 11.8 Å². The summed E-state index contributed by atoms with van der Waals surface area (Å²) in [6.07, 6.45) is 1.60. The summed E-state index contributed by atoms with van der Waals surface area (Å²) in [5, 5.41) is 2.58. The Balaban J connectivity index is 2.05. The highest BCUT2D eigenvalue weighted by molar-refractivity contribution is 5.94. The molecule has 0 aliphatic heterocycles. The molecule has 122 valence electrons. The van der Waals surface area contributed by atoms with Crippen LogP contribution in [0.2, 0.25) is 0 Å². The molecule has 0 bridgehead atoms. The molecule has 3 N–H and O–H groups in total. The fourth-order valence-corrected chi connectivity index (χ4v) is 2.21. The number of carbonyl (C=O) groups excluding carboxylic acids is 1. The SMILES string of the molecule is CCOc1nc(N)nc2ncc(-c3ccc(C(=O)NC)cc3)nc12. The number of nitrogens with one attached hydrogen (secondary N) is 1. The Morgan fingerprint density at radius 1 is 1.21 bits per heavy atom. The number of nitrogen functional groups attached to an aromatic ring is 1. The van der Waals surface area contributed by atoms with Gasteiger partial charge in [-0.25, -0.2) is 9.97 Å². The number of rotatable bonds is 4. The lowest BCUT2D eigenvalue weighted by Crippen LogP contribution is -2.17. The van der Waals surface area contributed by atoms with Gasteiger partial charge in [0, 0.05) is 18.2 Å². The third kappa shape index (κ3) is 2.94. The second kappa shape index (κ2) is 6.45. The Bertz CT molecular complexity index is 895. The molecule has 2 heterocycles. The van der Waals surface area contributed by atoms with Gasteiger partial charge in [0.25, 0.3) is 5.91 Å². The van der Waals surface area contributed by atoms with Crippen molar-refractivity contribution in [3.8, 4) is 17.1 Å². The van der Waals surface area contributed by atoms with Gasteiger partial charge in [-0.1, -0.05) is 12.1 Å².